The van der Waals surface area contributed by atoms with Crippen LogP contribution in [0.25, 0.3) is 0 Å². The van der Waals surface area contributed by atoms with E-state index in [4.69, 9.17) is 15.2 Å². The number of carbonyl (C=O) groups excluding carboxylic acids is 1. The second kappa shape index (κ2) is 7.00. The van der Waals surface area contributed by atoms with E-state index >= 15 is 0 Å². The van der Waals surface area contributed by atoms with Crippen molar-refractivity contribution < 1.29 is 14.3 Å². The Labute approximate surface area is 96.3 Å². The van der Waals surface area contributed by atoms with Gasteiger partial charge >= 0.3 is 5.97 Å². The highest BCUT2D eigenvalue weighted by Gasteiger charge is 2.31. The topological polar surface area (TPSA) is 64.8 Å². The molecule has 1 aliphatic heterocycles. The quantitative estimate of drug-likeness (QED) is 0.677. The maximum Gasteiger partial charge on any atom is 0.325 e. The average Bonchev–Trinajstić information content (AvgIpc) is 2.60. The molecule has 5 nitrogen and oxygen atoms in total. The molecule has 0 aromatic rings. The van der Waals surface area contributed by atoms with Crippen molar-refractivity contribution >= 4 is 18.4 Å². The van der Waals surface area contributed by atoms with Crippen LogP contribution in [0.5, 0.6) is 0 Å². The lowest BCUT2D eigenvalue weighted by molar-refractivity contribution is -0.148. The molecule has 1 rings (SSSR count). The van der Waals surface area contributed by atoms with Gasteiger partial charge in [0, 0.05) is 26.2 Å². The first-order chi connectivity index (χ1) is 6.69. The number of esters is 1. The van der Waals surface area contributed by atoms with E-state index in [1.807, 2.05) is 4.90 Å². The lowest BCUT2D eigenvalue weighted by Crippen LogP contribution is -2.44. The maximum absolute atomic E-state index is 11.4. The lowest BCUT2D eigenvalue weighted by atomic mass is 10.3. The van der Waals surface area contributed by atoms with Gasteiger partial charge in [0.25, 0.3) is 0 Å². The van der Waals surface area contributed by atoms with E-state index in [9.17, 15) is 4.79 Å². The molecule has 0 spiro atoms. The molecule has 2 atom stereocenters. The van der Waals surface area contributed by atoms with Gasteiger partial charge in [0.15, 0.2) is 0 Å². The molecule has 0 aromatic carbocycles. The van der Waals surface area contributed by atoms with Gasteiger partial charge in [-0.3, -0.25) is 9.69 Å². The Morgan fingerprint density at radius 2 is 2.27 bits per heavy atom. The van der Waals surface area contributed by atoms with E-state index in [1.54, 1.807) is 7.11 Å². The Balaban J connectivity index is 0.00000196. The van der Waals surface area contributed by atoms with Crippen molar-refractivity contribution in [1.29, 1.82) is 0 Å². The van der Waals surface area contributed by atoms with Crippen LogP contribution in [0.4, 0.5) is 0 Å². The number of nitrogens with zero attached hydrogens (tertiary/aromatic N) is 1. The summed E-state index contributed by atoms with van der Waals surface area (Å²) in [4.78, 5) is 13.4. The van der Waals surface area contributed by atoms with E-state index in [1.165, 1.54) is 7.11 Å². The monoisotopic (exact) mass is 238 g/mol. The van der Waals surface area contributed by atoms with Crippen LogP contribution < -0.4 is 5.73 Å². The second-order valence-corrected chi connectivity index (χ2v) is 3.54. The number of rotatable bonds is 4. The zero-order valence-electron chi connectivity index (χ0n) is 9.14. The minimum atomic E-state index is -0.307. The van der Waals surface area contributed by atoms with Crippen molar-refractivity contribution in [3.8, 4) is 0 Å². The van der Waals surface area contributed by atoms with Gasteiger partial charge in [0.1, 0.15) is 6.04 Å². The van der Waals surface area contributed by atoms with Crippen LogP contribution in [0.2, 0.25) is 0 Å². The van der Waals surface area contributed by atoms with Gasteiger partial charge in [0.05, 0.1) is 13.7 Å². The van der Waals surface area contributed by atoms with Crippen LogP contribution in [0.1, 0.15) is 6.42 Å². The Kier molecular flexibility index (Phi) is 6.84. The summed E-state index contributed by atoms with van der Waals surface area (Å²) < 4.78 is 9.70. The lowest BCUT2D eigenvalue weighted by Gasteiger charge is -2.24. The number of methoxy groups -OCH3 is 2. The van der Waals surface area contributed by atoms with Gasteiger partial charge in [-0.15, -0.1) is 12.4 Å². The molecular formula is C9H19ClN2O3. The molecule has 6 heteroatoms. The van der Waals surface area contributed by atoms with Crippen LogP contribution in [-0.4, -0.2) is 56.9 Å². The third-order valence-electron chi connectivity index (χ3n) is 2.49. The number of nitrogens with two attached hydrogens (primary N) is 1. The first-order valence-corrected chi connectivity index (χ1v) is 4.75. The van der Waals surface area contributed by atoms with E-state index in [2.05, 4.69) is 0 Å². The molecular weight excluding hydrogens is 220 g/mol. The summed E-state index contributed by atoms with van der Waals surface area (Å²) in [7, 11) is 2.97. The zero-order chi connectivity index (χ0) is 10.6. The van der Waals surface area contributed by atoms with E-state index in [-0.39, 0.29) is 30.5 Å². The van der Waals surface area contributed by atoms with Gasteiger partial charge in [-0.25, -0.2) is 0 Å². The number of carbonyl (C=O) groups is 1. The summed E-state index contributed by atoms with van der Waals surface area (Å²) in [5.74, 6) is -0.249. The minimum absolute atomic E-state index is 0. The molecule has 0 bridgehead atoms. The first-order valence-electron chi connectivity index (χ1n) is 4.75. The normalized spacial score (nSPS) is 23.3. The first kappa shape index (κ1) is 14.6. The average molecular weight is 239 g/mol. The third kappa shape index (κ3) is 3.95. The van der Waals surface area contributed by atoms with Crippen LogP contribution in [0, 0.1) is 0 Å². The summed E-state index contributed by atoms with van der Waals surface area (Å²) in [6.45, 7) is 1.94. The molecule has 1 saturated heterocycles. The Bertz CT molecular complexity index is 204. The van der Waals surface area contributed by atoms with Crippen molar-refractivity contribution in [1.82, 2.24) is 4.90 Å². The van der Waals surface area contributed by atoms with Gasteiger partial charge in [-0.1, -0.05) is 0 Å². The highest BCUT2D eigenvalue weighted by molar-refractivity contribution is 5.85. The van der Waals surface area contributed by atoms with Crippen LogP contribution in [0.15, 0.2) is 0 Å². The van der Waals surface area contributed by atoms with E-state index in [0.717, 1.165) is 19.5 Å². The molecule has 0 radical (unpaired) electrons. The fourth-order valence-electron chi connectivity index (χ4n) is 1.71. The maximum atomic E-state index is 11.4. The van der Waals surface area contributed by atoms with Crippen molar-refractivity contribution in [3.05, 3.63) is 0 Å². The number of hydrogen-bond donors (Lipinski definition) is 1. The van der Waals surface area contributed by atoms with Crippen LogP contribution in [-0.2, 0) is 14.3 Å². The summed E-state index contributed by atoms with van der Waals surface area (Å²) >= 11 is 0. The fraction of sp³-hybridized carbons (Fsp3) is 0.889. The molecule has 2 unspecified atom stereocenters. The fourth-order valence-corrected chi connectivity index (χ4v) is 1.71. The van der Waals surface area contributed by atoms with Crippen molar-refractivity contribution in [3.63, 3.8) is 0 Å². The Morgan fingerprint density at radius 3 is 2.67 bits per heavy atom. The molecule has 2 N–H and O–H groups in total. The number of halogens is 1. The molecule has 1 fully saturated rings. The predicted molar refractivity (Wildman–Crippen MR) is 59.1 cm³/mol. The van der Waals surface area contributed by atoms with Gasteiger partial charge in [0.2, 0.25) is 0 Å². The van der Waals surface area contributed by atoms with Gasteiger partial charge in [-0.05, 0) is 6.42 Å². The Hall–Kier alpha value is -0.360. The molecule has 0 saturated carbocycles. The largest absolute Gasteiger partial charge is 0.468 e. The van der Waals surface area contributed by atoms with Crippen molar-refractivity contribution in [2.45, 2.75) is 18.5 Å². The van der Waals surface area contributed by atoms with Crippen LogP contribution in [0.3, 0.4) is 0 Å². The van der Waals surface area contributed by atoms with Crippen LogP contribution >= 0.6 is 12.4 Å². The predicted octanol–water partition coefficient (Wildman–Crippen LogP) is -0.371. The van der Waals surface area contributed by atoms with Crippen molar-refractivity contribution in [2.24, 2.45) is 5.73 Å². The summed E-state index contributed by atoms with van der Waals surface area (Å²) in [5.41, 5.74) is 5.77. The van der Waals surface area contributed by atoms with E-state index in [0.29, 0.717) is 6.61 Å². The summed E-state index contributed by atoms with van der Waals surface area (Å²) in [6.07, 6.45) is 0.928. The molecule has 1 heterocycles. The highest BCUT2D eigenvalue weighted by atomic mass is 35.5. The number of likely N-dealkylation sites (tertiary alicyclic amines) is 1. The standard InChI is InChI=1S/C9H18N2O3.ClH/c1-13-6-8(9(12)14-2)11-4-3-7(10)5-11;/h7-8H,3-6,10H2,1-2H3;1H. The second-order valence-electron chi connectivity index (χ2n) is 3.54. The SMILES string of the molecule is COCC(C(=O)OC)N1CCC(N)C1.Cl. The molecule has 15 heavy (non-hydrogen) atoms. The zero-order valence-corrected chi connectivity index (χ0v) is 9.96. The minimum Gasteiger partial charge on any atom is -0.468 e. The van der Waals surface area contributed by atoms with E-state index < -0.39 is 0 Å². The molecule has 90 valence electrons. The third-order valence-corrected chi connectivity index (χ3v) is 2.49. The summed E-state index contributed by atoms with van der Waals surface area (Å²) in [6, 6.07) is -0.141. The highest BCUT2D eigenvalue weighted by Crippen LogP contribution is 2.12. The van der Waals surface area contributed by atoms with Gasteiger partial charge < -0.3 is 15.2 Å². The Morgan fingerprint density at radius 1 is 1.60 bits per heavy atom. The smallest absolute Gasteiger partial charge is 0.325 e. The summed E-state index contributed by atoms with van der Waals surface area (Å²) in [5, 5.41) is 0. The number of ether oxygens (including phenoxy) is 2. The van der Waals surface area contributed by atoms with Crippen molar-refractivity contribution in [2.75, 3.05) is 33.9 Å². The molecule has 0 amide bonds. The number of hydrogen-bond acceptors (Lipinski definition) is 5. The molecule has 0 aliphatic carbocycles. The molecule has 1 aliphatic rings. The van der Waals surface area contributed by atoms with Gasteiger partial charge in [-0.2, -0.15) is 0 Å². The molecule has 0 aromatic heterocycles.